The molecule has 0 atom stereocenters. The number of carbonyl (C=O) groups excluding carboxylic acids is 2. The molecule has 2 aliphatic rings. The van der Waals surface area contributed by atoms with Crippen molar-refractivity contribution in [1.82, 2.24) is 0 Å². The van der Waals surface area contributed by atoms with E-state index in [9.17, 15) is 9.59 Å². The van der Waals surface area contributed by atoms with E-state index in [2.05, 4.69) is 10.6 Å². The number of aryl methyl sites for hydroxylation is 1. The van der Waals surface area contributed by atoms with Gasteiger partial charge in [-0.1, -0.05) is 50.7 Å². The summed E-state index contributed by atoms with van der Waals surface area (Å²) in [5.74, 6) is 0.409. The van der Waals surface area contributed by atoms with Crippen LogP contribution in [0.2, 0.25) is 0 Å². The molecular weight excluding hydrogens is 312 g/mol. The molecule has 0 aliphatic heterocycles. The van der Waals surface area contributed by atoms with E-state index in [1.165, 1.54) is 12.8 Å². The Balaban J connectivity index is 1.70. The first kappa shape index (κ1) is 18.0. The molecule has 0 saturated heterocycles. The van der Waals surface area contributed by atoms with E-state index in [0.717, 1.165) is 68.3 Å². The minimum absolute atomic E-state index is 0.0958. The average molecular weight is 342 g/mol. The summed E-state index contributed by atoms with van der Waals surface area (Å²) in [4.78, 5) is 25.2. The maximum atomic E-state index is 12.6. The summed E-state index contributed by atoms with van der Waals surface area (Å²) in [5.41, 5.74) is 2.49. The van der Waals surface area contributed by atoms with Crippen LogP contribution in [0.3, 0.4) is 0 Å². The van der Waals surface area contributed by atoms with Crippen molar-refractivity contribution in [3.05, 3.63) is 23.8 Å². The van der Waals surface area contributed by atoms with Crippen molar-refractivity contribution >= 4 is 23.2 Å². The lowest BCUT2D eigenvalue weighted by atomic mass is 9.88. The third-order valence-electron chi connectivity index (χ3n) is 5.73. The molecule has 2 N–H and O–H groups in total. The maximum Gasteiger partial charge on any atom is 0.227 e. The van der Waals surface area contributed by atoms with Crippen LogP contribution in [0.25, 0.3) is 0 Å². The predicted octanol–water partition coefficient (Wildman–Crippen LogP) is 5.03. The molecule has 1 aromatic carbocycles. The van der Waals surface area contributed by atoms with Crippen LogP contribution in [0.5, 0.6) is 0 Å². The van der Waals surface area contributed by atoms with Crippen molar-refractivity contribution in [2.45, 2.75) is 71.1 Å². The fourth-order valence-electron chi connectivity index (χ4n) is 4.13. The van der Waals surface area contributed by atoms with Crippen molar-refractivity contribution in [3.63, 3.8) is 0 Å². The van der Waals surface area contributed by atoms with Gasteiger partial charge in [0, 0.05) is 11.8 Å². The molecule has 0 bridgehead atoms. The lowest BCUT2D eigenvalue weighted by Gasteiger charge is -2.24. The van der Waals surface area contributed by atoms with Crippen molar-refractivity contribution in [1.29, 1.82) is 0 Å². The molecule has 4 heteroatoms. The monoisotopic (exact) mass is 342 g/mol. The van der Waals surface area contributed by atoms with Gasteiger partial charge in [-0.05, 0) is 44.2 Å². The van der Waals surface area contributed by atoms with Gasteiger partial charge in [-0.3, -0.25) is 9.59 Å². The van der Waals surface area contributed by atoms with Crippen molar-refractivity contribution in [3.8, 4) is 0 Å². The Morgan fingerprint density at radius 1 is 0.800 bits per heavy atom. The molecule has 0 radical (unpaired) electrons. The first-order valence-corrected chi connectivity index (χ1v) is 9.86. The molecule has 2 saturated carbocycles. The van der Waals surface area contributed by atoms with Crippen molar-refractivity contribution in [2.75, 3.05) is 10.6 Å². The summed E-state index contributed by atoms with van der Waals surface area (Å²) in [7, 11) is 0. The molecule has 2 aliphatic carbocycles. The van der Waals surface area contributed by atoms with Gasteiger partial charge in [0.2, 0.25) is 11.8 Å². The molecule has 0 heterocycles. The molecule has 4 nitrogen and oxygen atoms in total. The molecular formula is C21H30N2O2. The molecule has 3 rings (SSSR count). The van der Waals surface area contributed by atoms with Gasteiger partial charge in [-0.2, -0.15) is 0 Å². The highest BCUT2D eigenvalue weighted by molar-refractivity contribution is 6.01. The highest BCUT2D eigenvalue weighted by Gasteiger charge is 2.24. The first-order valence-electron chi connectivity index (χ1n) is 9.86. The Hall–Kier alpha value is -1.84. The van der Waals surface area contributed by atoms with Gasteiger partial charge in [-0.25, -0.2) is 0 Å². The lowest BCUT2D eigenvalue weighted by molar-refractivity contribution is -0.121. The molecule has 0 spiro atoms. The van der Waals surface area contributed by atoms with E-state index in [4.69, 9.17) is 0 Å². The molecule has 2 fully saturated rings. The standard InChI is InChI=1S/C21H30N2O2/c1-15-9-8-14-18(22-20(24)16-10-4-2-5-11-16)19(15)23-21(25)17-12-6-3-7-13-17/h8-9,14,16-17H,2-7,10-13H2,1H3,(H,22,24)(H,23,25). The molecule has 1 aromatic rings. The van der Waals surface area contributed by atoms with Crippen LogP contribution in [0.4, 0.5) is 11.4 Å². The number of para-hydroxylation sites is 1. The second kappa shape index (κ2) is 8.50. The molecule has 136 valence electrons. The molecule has 0 unspecified atom stereocenters. The fraction of sp³-hybridized carbons (Fsp3) is 0.619. The Labute approximate surface area is 150 Å². The van der Waals surface area contributed by atoms with Crippen LogP contribution in [0.1, 0.15) is 69.8 Å². The quantitative estimate of drug-likeness (QED) is 0.806. The highest BCUT2D eigenvalue weighted by atomic mass is 16.2. The summed E-state index contributed by atoms with van der Waals surface area (Å²) in [5, 5.41) is 6.18. The van der Waals surface area contributed by atoms with Crippen molar-refractivity contribution < 1.29 is 9.59 Å². The second-order valence-corrected chi connectivity index (χ2v) is 7.65. The van der Waals surface area contributed by atoms with E-state index in [1.807, 2.05) is 25.1 Å². The highest BCUT2D eigenvalue weighted by Crippen LogP contribution is 2.31. The number of rotatable bonds is 4. The van der Waals surface area contributed by atoms with Crippen LogP contribution in [0.15, 0.2) is 18.2 Å². The fourth-order valence-corrected chi connectivity index (χ4v) is 4.13. The number of carbonyl (C=O) groups is 2. The minimum atomic E-state index is 0.0958. The summed E-state index contributed by atoms with van der Waals surface area (Å²) in [6, 6.07) is 5.80. The van der Waals surface area contributed by atoms with Crippen molar-refractivity contribution in [2.24, 2.45) is 11.8 Å². The zero-order valence-corrected chi connectivity index (χ0v) is 15.3. The minimum Gasteiger partial charge on any atom is -0.324 e. The summed E-state index contributed by atoms with van der Waals surface area (Å²) in [6.45, 7) is 1.98. The van der Waals surface area contributed by atoms with Gasteiger partial charge in [-0.15, -0.1) is 0 Å². The van der Waals surface area contributed by atoms with Gasteiger partial charge < -0.3 is 10.6 Å². The lowest BCUT2D eigenvalue weighted by Crippen LogP contribution is -2.27. The first-order chi connectivity index (χ1) is 12.1. The van der Waals surface area contributed by atoms with Crippen LogP contribution in [-0.4, -0.2) is 11.8 Å². The molecule has 2 amide bonds. The van der Waals surface area contributed by atoms with E-state index >= 15 is 0 Å². The van der Waals surface area contributed by atoms with Crippen LogP contribution < -0.4 is 10.6 Å². The summed E-state index contributed by atoms with van der Waals surface area (Å²) < 4.78 is 0. The zero-order valence-electron chi connectivity index (χ0n) is 15.3. The van der Waals surface area contributed by atoms with Gasteiger partial charge in [0.1, 0.15) is 0 Å². The zero-order chi connectivity index (χ0) is 17.6. The van der Waals surface area contributed by atoms with Crippen LogP contribution >= 0.6 is 0 Å². The predicted molar refractivity (Wildman–Crippen MR) is 102 cm³/mol. The largest absolute Gasteiger partial charge is 0.324 e. The van der Waals surface area contributed by atoms with E-state index < -0.39 is 0 Å². The third-order valence-corrected chi connectivity index (χ3v) is 5.73. The number of nitrogens with one attached hydrogen (secondary N) is 2. The third kappa shape index (κ3) is 4.62. The van der Waals surface area contributed by atoms with Gasteiger partial charge >= 0.3 is 0 Å². The normalized spacial score (nSPS) is 19.4. The Morgan fingerprint density at radius 3 is 1.88 bits per heavy atom. The Bertz CT molecular complexity index is 614. The van der Waals surface area contributed by atoms with E-state index in [1.54, 1.807) is 0 Å². The SMILES string of the molecule is Cc1cccc(NC(=O)C2CCCCC2)c1NC(=O)C1CCCCC1. The Morgan fingerprint density at radius 2 is 1.32 bits per heavy atom. The second-order valence-electron chi connectivity index (χ2n) is 7.65. The number of anilines is 2. The maximum absolute atomic E-state index is 12.6. The smallest absolute Gasteiger partial charge is 0.227 e. The molecule has 25 heavy (non-hydrogen) atoms. The van der Waals surface area contributed by atoms with E-state index in [0.29, 0.717) is 0 Å². The molecule has 0 aromatic heterocycles. The summed E-state index contributed by atoms with van der Waals surface area (Å²) >= 11 is 0. The topological polar surface area (TPSA) is 58.2 Å². The van der Waals surface area contributed by atoms with Gasteiger partial charge in [0.05, 0.1) is 11.4 Å². The number of hydrogen-bond donors (Lipinski definition) is 2. The van der Waals surface area contributed by atoms with Gasteiger partial charge in [0.25, 0.3) is 0 Å². The Kier molecular flexibility index (Phi) is 6.11. The number of benzene rings is 1. The van der Waals surface area contributed by atoms with Crippen LogP contribution in [0, 0.1) is 18.8 Å². The summed E-state index contributed by atoms with van der Waals surface area (Å²) in [6.07, 6.45) is 10.9. The number of hydrogen-bond acceptors (Lipinski definition) is 2. The van der Waals surface area contributed by atoms with Crippen LogP contribution in [-0.2, 0) is 9.59 Å². The average Bonchev–Trinajstić information content (AvgIpc) is 2.66. The van der Waals surface area contributed by atoms with Gasteiger partial charge in [0.15, 0.2) is 0 Å². The number of amides is 2. The van der Waals surface area contributed by atoms with E-state index in [-0.39, 0.29) is 23.7 Å².